The normalized spacial score (nSPS) is 12.4. The number of oxime groups is 1. The summed E-state index contributed by atoms with van der Waals surface area (Å²) < 4.78 is 1.65. The van der Waals surface area contributed by atoms with Gasteiger partial charge in [-0.05, 0) is 23.3 Å². The Labute approximate surface area is 164 Å². The molecule has 2 aromatic carbocycles. The van der Waals surface area contributed by atoms with E-state index in [2.05, 4.69) is 21.3 Å². The molecule has 0 N–H and O–H groups in total. The average molecular weight is 387 g/mol. The highest BCUT2D eigenvalue weighted by molar-refractivity contribution is 6.03. The number of hydrogen-bond donors (Lipinski definition) is 0. The summed E-state index contributed by atoms with van der Waals surface area (Å²) in [6, 6.07) is 14.1. The Hall–Kier alpha value is -2.73. The second-order valence-corrected chi connectivity index (χ2v) is 6.29. The van der Waals surface area contributed by atoms with E-state index < -0.39 is 0 Å². The predicted molar refractivity (Wildman–Crippen MR) is 108 cm³/mol. The van der Waals surface area contributed by atoms with Crippen LogP contribution >= 0.6 is 12.4 Å². The fourth-order valence-electron chi connectivity index (χ4n) is 2.75. The number of benzene rings is 2. The molecule has 1 unspecified atom stereocenters. The van der Waals surface area contributed by atoms with Crippen LogP contribution in [0, 0.1) is 5.92 Å². The Morgan fingerprint density at radius 3 is 2.70 bits per heavy atom. The first-order valence-electron chi connectivity index (χ1n) is 8.76. The molecule has 6 nitrogen and oxygen atoms in total. The van der Waals surface area contributed by atoms with E-state index in [0.717, 1.165) is 29.2 Å². The molecule has 0 saturated carbocycles. The second kappa shape index (κ2) is 9.83. The van der Waals surface area contributed by atoms with E-state index in [1.807, 2.05) is 50.2 Å². The maximum absolute atomic E-state index is 12.1. The Balaban J connectivity index is 0.00000261. The molecule has 1 heterocycles. The van der Waals surface area contributed by atoms with Gasteiger partial charge < -0.3 is 4.84 Å². The molecular weight excluding hydrogens is 364 g/mol. The van der Waals surface area contributed by atoms with Gasteiger partial charge in [-0.2, -0.15) is 5.10 Å². The quantitative estimate of drug-likeness (QED) is 0.346. The van der Waals surface area contributed by atoms with Crippen molar-refractivity contribution in [2.45, 2.75) is 33.2 Å². The second-order valence-electron chi connectivity index (χ2n) is 6.29. The van der Waals surface area contributed by atoms with Crippen molar-refractivity contribution in [1.29, 1.82) is 0 Å². The standard InChI is InChI=1S/C20H22N4O2.ClH/c1-3-6-15(2)20(25)26-23-19(12-24-14-21-13-22-24)18-10-9-16-7-4-5-8-17(16)11-18;/h4-5,7-11,13-15H,3,6,12H2,1-2H3;1H/b23-19+;. The fourth-order valence-corrected chi connectivity index (χ4v) is 2.75. The molecule has 0 aliphatic carbocycles. The molecule has 0 radical (unpaired) electrons. The lowest BCUT2D eigenvalue weighted by atomic mass is 10.0. The molecule has 0 fully saturated rings. The van der Waals surface area contributed by atoms with Crippen LogP contribution in [0.5, 0.6) is 0 Å². The smallest absolute Gasteiger partial charge is 0.318 e. The van der Waals surface area contributed by atoms with E-state index >= 15 is 0 Å². The van der Waals surface area contributed by atoms with Crippen LogP contribution in [0.25, 0.3) is 10.8 Å². The van der Waals surface area contributed by atoms with E-state index in [1.165, 1.54) is 6.33 Å². The Morgan fingerprint density at radius 2 is 2.00 bits per heavy atom. The van der Waals surface area contributed by atoms with Gasteiger partial charge in [-0.3, -0.25) is 0 Å². The van der Waals surface area contributed by atoms with Crippen LogP contribution in [0.15, 0.2) is 60.3 Å². The van der Waals surface area contributed by atoms with Crippen LogP contribution in [-0.2, 0) is 16.2 Å². The number of hydrogen-bond acceptors (Lipinski definition) is 5. The molecule has 27 heavy (non-hydrogen) atoms. The molecule has 0 spiro atoms. The van der Waals surface area contributed by atoms with Crippen molar-refractivity contribution in [3.8, 4) is 0 Å². The van der Waals surface area contributed by atoms with Crippen LogP contribution in [-0.4, -0.2) is 26.4 Å². The zero-order valence-corrected chi connectivity index (χ0v) is 16.2. The Morgan fingerprint density at radius 1 is 1.22 bits per heavy atom. The third kappa shape index (κ3) is 5.37. The zero-order chi connectivity index (χ0) is 18.4. The summed E-state index contributed by atoms with van der Waals surface area (Å²) in [4.78, 5) is 21.3. The minimum atomic E-state index is -0.316. The third-order valence-electron chi connectivity index (χ3n) is 4.23. The summed E-state index contributed by atoms with van der Waals surface area (Å²) in [6.45, 7) is 4.26. The van der Waals surface area contributed by atoms with Gasteiger partial charge in [0.05, 0.1) is 12.5 Å². The topological polar surface area (TPSA) is 69.4 Å². The highest BCUT2D eigenvalue weighted by Crippen LogP contribution is 2.17. The molecule has 142 valence electrons. The Bertz CT molecular complexity index is 909. The van der Waals surface area contributed by atoms with Crippen LogP contribution in [0.4, 0.5) is 0 Å². The predicted octanol–water partition coefficient (Wildman–Crippen LogP) is 4.24. The van der Waals surface area contributed by atoms with E-state index in [9.17, 15) is 4.79 Å². The molecule has 0 bridgehead atoms. The summed E-state index contributed by atoms with van der Waals surface area (Å²) in [5.74, 6) is -0.489. The van der Waals surface area contributed by atoms with Crippen LogP contribution in [0.2, 0.25) is 0 Å². The largest absolute Gasteiger partial charge is 0.337 e. The van der Waals surface area contributed by atoms with Gasteiger partial charge in [0.25, 0.3) is 0 Å². The molecule has 1 atom stereocenters. The van der Waals surface area contributed by atoms with Gasteiger partial charge in [0.2, 0.25) is 0 Å². The fraction of sp³-hybridized carbons (Fsp3) is 0.300. The van der Waals surface area contributed by atoms with Crippen LogP contribution in [0.1, 0.15) is 32.3 Å². The first-order chi connectivity index (χ1) is 12.7. The molecule has 0 aliphatic heterocycles. The van der Waals surface area contributed by atoms with Crippen molar-refractivity contribution in [3.05, 3.63) is 60.7 Å². The lowest BCUT2D eigenvalue weighted by Gasteiger charge is -2.10. The molecule has 3 rings (SSSR count). The van der Waals surface area contributed by atoms with Gasteiger partial charge >= 0.3 is 5.97 Å². The molecule has 1 aromatic heterocycles. The number of aromatic nitrogens is 3. The first-order valence-corrected chi connectivity index (χ1v) is 8.76. The highest BCUT2D eigenvalue weighted by Gasteiger charge is 2.15. The number of fused-ring (bicyclic) bond motifs is 1. The van der Waals surface area contributed by atoms with Crippen molar-refractivity contribution in [3.63, 3.8) is 0 Å². The van der Waals surface area contributed by atoms with Crippen molar-refractivity contribution >= 4 is 34.9 Å². The van der Waals surface area contributed by atoms with Gasteiger partial charge in [0.15, 0.2) is 0 Å². The Kier molecular flexibility index (Phi) is 7.49. The molecule has 3 aromatic rings. The number of nitrogens with zero attached hydrogens (tertiary/aromatic N) is 4. The number of carbonyl (C=O) groups excluding carboxylic acids is 1. The maximum Gasteiger partial charge on any atom is 0.337 e. The molecular formula is C20H23ClN4O2. The van der Waals surface area contributed by atoms with Gasteiger partial charge in [-0.15, -0.1) is 12.4 Å². The maximum atomic E-state index is 12.1. The lowest BCUT2D eigenvalue weighted by molar-refractivity contribution is -0.148. The van der Waals surface area contributed by atoms with Crippen molar-refractivity contribution < 1.29 is 9.63 Å². The number of rotatable bonds is 7. The zero-order valence-electron chi connectivity index (χ0n) is 15.4. The SMILES string of the molecule is CCCC(C)C(=O)O/N=C(\Cn1cncn1)c1ccc2ccccc2c1.Cl. The third-order valence-corrected chi connectivity index (χ3v) is 4.23. The number of halogens is 1. The molecule has 7 heteroatoms. The van der Waals surface area contributed by atoms with Gasteiger partial charge in [0, 0.05) is 5.56 Å². The van der Waals surface area contributed by atoms with Crippen LogP contribution < -0.4 is 0 Å². The van der Waals surface area contributed by atoms with Gasteiger partial charge in [-0.1, -0.05) is 61.8 Å². The first kappa shape index (κ1) is 20.6. The summed E-state index contributed by atoms with van der Waals surface area (Å²) >= 11 is 0. The lowest BCUT2D eigenvalue weighted by Crippen LogP contribution is -2.16. The van der Waals surface area contributed by atoms with E-state index in [1.54, 1.807) is 11.0 Å². The summed E-state index contributed by atoms with van der Waals surface area (Å²) in [6.07, 6.45) is 4.78. The van der Waals surface area contributed by atoms with Gasteiger partial charge in [-0.25, -0.2) is 14.5 Å². The molecule has 0 saturated heterocycles. The average Bonchev–Trinajstić information content (AvgIpc) is 3.17. The minimum absolute atomic E-state index is 0. The van der Waals surface area contributed by atoms with E-state index in [0.29, 0.717) is 12.3 Å². The summed E-state index contributed by atoms with van der Waals surface area (Å²) in [7, 11) is 0. The summed E-state index contributed by atoms with van der Waals surface area (Å²) in [5, 5.41) is 10.5. The van der Waals surface area contributed by atoms with Crippen LogP contribution in [0.3, 0.4) is 0 Å². The number of carbonyl (C=O) groups is 1. The van der Waals surface area contributed by atoms with Gasteiger partial charge in [0.1, 0.15) is 18.4 Å². The highest BCUT2D eigenvalue weighted by atomic mass is 35.5. The van der Waals surface area contributed by atoms with Crippen molar-refractivity contribution in [2.75, 3.05) is 0 Å². The monoisotopic (exact) mass is 386 g/mol. The van der Waals surface area contributed by atoms with E-state index in [4.69, 9.17) is 4.84 Å². The van der Waals surface area contributed by atoms with Crippen molar-refractivity contribution in [1.82, 2.24) is 14.8 Å². The minimum Gasteiger partial charge on any atom is -0.318 e. The van der Waals surface area contributed by atoms with E-state index in [-0.39, 0.29) is 24.3 Å². The van der Waals surface area contributed by atoms with Crippen molar-refractivity contribution in [2.24, 2.45) is 11.1 Å². The summed E-state index contributed by atoms with van der Waals surface area (Å²) in [5.41, 5.74) is 1.51. The molecule has 0 amide bonds. The molecule has 0 aliphatic rings.